The van der Waals surface area contributed by atoms with E-state index < -0.39 is 0 Å². The largest absolute Gasteiger partial charge is 0.0654 e. The average Bonchev–Trinajstić information content (AvgIpc) is 3.12. The summed E-state index contributed by atoms with van der Waals surface area (Å²) in [6, 6.07) is 0. The van der Waals surface area contributed by atoms with Crippen molar-refractivity contribution in [2.75, 3.05) is 0 Å². The van der Waals surface area contributed by atoms with Crippen LogP contribution in [0.3, 0.4) is 0 Å². The van der Waals surface area contributed by atoms with Gasteiger partial charge in [-0.3, -0.25) is 0 Å². The summed E-state index contributed by atoms with van der Waals surface area (Å²) in [5, 5.41) is 0. The first-order valence-electron chi connectivity index (χ1n) is 24.6. The van der Waals surface area contributed by atoms with Crippen LogP contribution in [0.4, 0.5) is 0 Å². The molecule has 0 N–H and O–H groups in total. The zero-order valence-electron chi connectivity index (χ0n) is 35.8. The third-order valence-electron chi connectivity index (χ3n) is 12.0. The zero-order chi connectivity index (χ0) is 36.1. The molecule has 1 radical (unpaired) electrons. The van der Waals surface area contributed by atoms with Crippen LogP contribution in [0.25, 0.3) is 0 Å². The maximum absolute atomic E-state index is 4.20. The van der Waals surface area contributed by atoms with Crippen LogP contribution in [0, 0.1) is 12.8 Å². The van der Waals surface area contributed by atoms with Crippen molar-refractivity contribution in [1.29, 1.82) is 0 Å². The van der Waals surface area contributed by atoms with Gasteiger partial charge in [-0.25, -0.2) is 0 Å². The first-order chi connectivity index (χ1) is 24.8. The first-order valence-corrected chi connectivity index (χ1v) is 24.6. The van der Waals surface area contributed by atoms with Crippen molar-refractivity contribution in [3.8, 4) is 0 Å². The molecule has 0 fully saturated rings. The summed E-state index contributed by atoms with van der Waals surface area (Å²) in [5.41, 5.74) is 0. The predicted molar refractivity (Wildman–Crippen MR) is 233 cm³/mol. The topological polar surface area (TPSA) is 0 Å². The van der Waals surface area contributed by atoms with E-state index in [9.17, 15) is 0 Å². The van der Waals surface area contributed by atoms with Gasteiger partial charge in [-0.15, -0.1) is 0 Å². The molecule has 0 heterocycles. The molecule has 0 heteroatoms. The van der Waals surface area contributed by atoms with Crippen molar-refractivity contribution in [2.24, 2.45) is 5.92 Å². The summed E-state index contributed by atoms with van der Waals surface area (Å²) in [7, 11) is 0. The highest BCUT2D eigenvalue weighted by Gasteiger charge is 2.07. The van der Waals surface area contributed by atoms with Crippen molar-refractivity contribution in [1.82, 2.24) is 0 Å². The van der Waals surface area contributed by atoms with E-state index in [1.165, 1.54) is 289 Å². The number of unbranched alkanes of at least 4 members (excludes halogenated alkanes) is 40. The Balaban J connectivity index is 3.32. The minimum absolute atomic E-state index is 0.966. The van der Waals surface area contributed by atoms with Crippen LogP contribution >= 0.6 is 0 Å². The second kappa shape index (κ2) is 47.0. The maximum atomic E-state index is 4.20. The van der Waals surface area contributed by atoms with Gasteiger partial charge in [0.2, 0.25) is 0 Å². The molecular weight excluding hydrogens is 601 g/mol. The summed E-state index contributed by atoms with van der Waals surface area (Å²) in [4.78, 5) is 0. The lowest BCUT2D eigenvalue weighted by Crippen LogP contribution is -2.00. The van der Waals surface area contributed by atoms with E-state index in [0.717, 1.165) is 12.3 Å². The highest BCUT2D eigenvalue weighted by molar-refractivity contribution is 4.62. The first kappa shape index (κ1) is 50.0. The molecule has 301 valence electrons. The van der Waals surface area contributed by atoms with Crippen LogP contribution < -0.4 is 0 Å². The molecule has 0 aliphatic rings. The predicted octanol–water partition coefficient (Wildman–Crippen LogP) is 19.4. The molecule has 1 unspecified atom stereocenters. The quantitative estimate of drug-likeness (QED) is 0.0554. The van der Waals surface area contributed by atoms with Crippen molar-refractivity contribution >= 4 is 0 Å². The van der Waals surface area contributed by atoms with Crippen LogP contribution in [-0.4, -0.2) is 0 Å². The third kappa shape index (κ3) is 44.2. The van der Waals surface area contributed by atoms with Gasteiger partial charge in [0.05, 0.1) is 0 Å². The molecule has 0 aromatic heterocycles. The molecule has 50 heavy (non-hydrogen) atoms. The standard InChI is InChI=1S/C50H101/c1-4-7-9-11-13-15-17-19-21-23-25-27-28-30-32-34-36-38-40-42-44-46-49-50(47-6-3)48-45-43-41-39-37-35-33-31-29-26-24-22-20-18-16-14-12-10-8-5-2/h50H,3-49H2,1-2H3. The van der Waals surface area contributed by atoms with Crippen LogP contribution in [-0.2, 0) is 0 Å². The number of rotatable bonds is 46. The second-order valence-electron chi connectivity index (χ2n) is 17.2. The molecule has 0 saturated heterocycles. The zero-order valence-corrected chi connectivity index (χ0v) is 35.8. The fourth-order valence-corrected chi connectivity index (χ4v) is 8.45. The Bertz CT molecular complexity index is 550. The molecule has 0 bridgehead atoms. The Kier molecular flexibility index (Phi) is 47.0. The molecular formula is C50H101. The van der Waals surface area contributed by atoms with Crippen LogP contribution in [0.1, 0.15) is 309 Å². The highest BCUT2D eigenvalue weighted by Crippen LogP contribution is 2.24. The molecule has 0 aromatic carbocycles. The molecule has 0 nitrogen and oxygen atoms in total. The minimum atomic E-state index is 0.966. The molecule has 0 aliphatic carbocycles. The highest BCUT2D eigenvalue weighted by atomic mass is 14.1. The van der Waals surface area contributed by atoms with Gasteiger partial charge in [0.15, 0.2) is 0 Å². The Morgan fingerprint density at radius 2 is 0.380 bits per heavy atom. The molecule has 0 amide bonds. The molecule has 0 aromatic rings. The molecule has 1 atom stereocenters. The van der Waals surface area contributed by atoms with E-state index in [0.29, 0.717) is 0 Å². The Morgan fingerprint density at radius 1 is 0.220 bits per heavy atom. The fraction of sp³-hybridized carbons (Fsp3) is 0.980. The van der Waals surface area contributed by atoms with Crippen LogP contribution in [0.5, 0.6) is 0 Å². The van der Waals surface area contributed by atoms with Gasteiger partial charge in [-0.2, -0.15) is 0 Å². The van der Waals surface area contributed by atoms with Crippen molar-refractivity contribution in [2.45, 2.75) is 309 Å². The van der Waals surface area contributed by atoms with Gasteiger partial charge in [-0.05, 0) is 5.92 Å². The van der Waals surface area contributed by atoms with E-state index in [-0.39, 0.29) is 0 Å². The van der Waals surface area contributed by atoms with Gasteiger partial charge < -0.3 is 0 Å². The summed E-state index contributed by atoms with van der Waals surface area (Å²) < 4.78 is 0. The monoisotopic (exact) mass is 702 g/mol. The molecule has 0 aliphatic heterocycles. The average molecular weight is 702 g/mol. The molecule has 0 spiro atoms. The van der Waals surface area contributed by atoms with Gasteiger partial charge in [0.25, 0.3) is 0 Å². The van der Waals surface area contributed by atoms with Crippen molar-refractivity contribution in [3.63, 3.8) is 0 Å². The van der Waals surface area contributed by atoms with E-state index >= 15 is 0 Å². The Hall–Kier alpha value is 0. The van der Waals surface area contributed by atoms with Gasteiger partial charge >= 0.3 is 0 Å². The fourth-order valence-electron chi connectivity index (χ4n) is 8.45. The Morgan fingerprint density at radius 3 is 0.540 bits per heavy atom. The Labute approximate surface area is 321 Å². The summed E-state index contributed by atoms with van der Waals surface area (Å²) in [5.74, 6) is 0.966. The maximum Gasteiger partial charge on any atom is -0.0414 e. The summed E-state index contributed by atoms with van der Waals surface area (Å²) >= 11 is 0. The number of hydrogen-bond donors (Lipinski definition) is 0. The van der Waals surface area contributed by atoms with E-state index in [1.54, 1.807) is 0 Å². The van der Waals surface area contributed by atoms with Crippen molar-refractivity contribution < 1.29 is 0 Å². The minimum Gasteiger partial charge on any atom is -0.0654 e. The second-order valence-corrected chi connectivity index (χ2v) is 17.2. The lowest BCUT2D eigenvalue weighted by atomic mass is 9.90. The summed E-state index contributed by atoms with van der Waals surface area (Å²) in [6.45, 7) is 8.82. The van der Waals surface area contributed by atoms with Crippen molar-refractivity contribution in [3.05, 3.63) is 6.92 Å². The summed E-state index contributed by atoms with van der Waals surface area (Å²) in [6.07, 6.45) is 67.5. The smallest absolute Gasteiger partial charge is 0.0414 e. The molecule has 0 rings (SSSR count). The normalized spacial score (nSPS) is 12.3. The lowest BCUT2D eigenvalue weighted by Gasteiger charge is -2.16. The third-order valence-corrected chi connectivity index (χ3v) is 12.0. The van der Waals surface area contributed by atoms with Crippen LogP contribution in [0.2, 0.25) is 0 Å². The van der Waals surface area contributed by atoms with Gasteiger partial charge in [0, 0.05) is 0 Å². The molecule has 0 saturated carbocycles. The van der Waals surface area contributed by atoms with Gasteiger partial charge in [-0.1, -0.05) is 316 Å². The SMILES string of the molecule is [CH2]CCC(CCCCCCCCCCCCCCCCCCCCCC)CCCCCCCCCCCCCCCCCCCCCCCC. The lowest BCUT2D eigenvalue weighted by molar-refractivity contribution is 0.381. The van der Waals surface area contributed by atoms with Gasteiger partial charge in [0.1, 0.15) is 0 Å². The van der Waals surface area contributed by atoms with E-state index in [1.807, 2.05) is 0 Å². The van der Waals surface area contributed by atoms with E-state index in [4.69, 9.17) is 0 Å². The van der Waals surface area contributed by atoms with E-state index in [2.05, 4.69) is 20.8 Å². The number of hydrogen-bond acceptors (Lipinski definition) is 0. The van der Waals surface area contributed by atoms with Crippen LogP contribution in [0.15, 0.2) is 0 Å².